The maximum absolute atomic E-state index is 11.5. The molecule has 0 bridgehead atoms. The number of ether oxygens (including phenoxy) is 1. The minimum absolute atomic E-state index is 0.148. The van der Waals surface area contributed by atoms with Crippen molar-refractivity contribution in [2.75, 3.05) is 6.54 Å². The molecule has 0 fully saturated rings. The molecule has 2 atom stereocenters. The number of alkyl carbamates (subject to hydrolysis) is 1. The lowest BCUT2D eigenvalue weighted by Gasteiger charge is -2.22. The Hall–Kier alpha value is -1.92. The molecule has 1 amide bonds. The number of hydrogen-bond donors (Lipinski definition) is 3. The molecule has 6 nitrogen and oxygen atoms in total. The molecule has 0 heterocycles. The summed E-state index contributed by atoms with van der Waals surface area (Å²) in [5.74, 6) is 0. The summed E-state index contributed by atoms with van der Waals surface area (Å²) in [5.41, 5.74) is 1.08. The van der Waals surface area contributed by atoms with Gasteiger partial charge in [0.05, 0.1) is 0 Å². The highest BCUT2D eigenvalue weighted by Crippen LogP contribution is 2.19. The Morgan fingerprint density at radius 2 is 2.00 bits per heavy atom. The van der Waals surface area contributed by atoms with Gasteiger partial charge in [0.25, 0.3) is 0 Å². The van der Waals surface area contributed by atoms with E-state index in [-0.39, 0.29) is 6.54 Å². The van der Waals surface area contributed by atoms with Crippen molar-refractivity contribution in [2.45, 2.75) is 45.5 Å². The lowest BCUT2D eigenvalue weighted by molar-refractivity contribution is 0.0129. The zero-order valence-corrected chi connectivity index (χ0v) is 13.3. The molecule has 122 valence electrons. The molecule has 2 unspecified atom stereocenters. The third-order valence-electron chi connectivity index (χ3n) is 2.98. The largest absolute Gasteiger partial charge is 0.444 e. The van der Waals surface area contributed by atoms with Crippen LogP contribution in [0.1, 0.15) is 48.4 Å². The highest BCUT2D eigenvalue weighted by molar-refractivity contribution is 5.77. The van der Waals surface area contributed by atoms with Crippen molar-refractivity contribution >= 4 is 12.4 Å². The van der Waals surface area contributed by atoms with Gasteiger partial charge in [-0.25, -0.2) is 4.79 Å². The van der Waals surface area contributed by atoms with Crippen molar-refractivity contribution in [3.8, 4) is 0 Å². The van der Waals surface area contributed by atoms with Crippen LogP contribution in [0.4, 0.5) is 4.79 Å². The maximum Gasteiger partial charge on any atom is 0.407 e. The number of amides is 1. The van der Waals surface area contributed by atoms with Gasteiger partial charge >= 0.3 is 6.09 Å². The molecular formula is C16H23NO5. The number of hydrogen-bond acceptors (Lipinski definition) is 5. The van der Waals surface area contributed by atoms with Crippen molar-refractivity contribution < 1.29 is 24.5 Å². The second-order valence-corrected chi connectivity index (χ2v) is 6.13. The zero-order valence-electron chi connectivity index (χ0n) is 13.3. The molecule has 6 heteroatoms. The topological polar surface area (TPSA) is 95.9 Å². The first-order valence-corrected chi connectivity index (χ1v) is 7.02. The minimum atomic E-state index is -1.19. The number of aldehydes is 1. The molecule has 0 saturated heterocycles. The van der Waals surface area contributed by atoms with E-state index in [1.807, 2.05) is 0 Å². The van der Waals surface area contributed by atoms with Crippen LogP contribution in [-0.2, 0) is 4.74 Å². The zero-order chi connectivity index (χ0) is 16.9. The van der Waals surface area contributed by atoms with E-state index in [9.17, 15) is 19.8 Å². The van der Waals surface area contributed by atoms with Crippen molar-refractivity contribution in [3.63, 3.8) is 0 Å². The first-order chi connectivity index (χ1) is 10.1. The fourth-order valence-electron chi connectivity index (χ4n) is 1.85. The Balaban J connectivity index is 2.62. The van der Waals surface area contributed by atoms with Crippen molar-refractivity contribution in [1.82, 2.24) is 5.32 Å². The van der Waals surface area contributed by atoms with E-state index in [1.165, 1.54) is 0 Å². The molecule has 0 aliphatic rings. The lowest BCUT2D eigenvalue weighted by Crippen LogP contribution is -2.38. The summed E-state index contributed by atoms with van der Waals surface area (Å²) in [6.07, 6.45) is -2.29. The van der Waals surface area contributed by atoms with E-state index in [4.69, 9.17) is 4.74 Å². The quantitative estimate of drug-likeness (QED) is 0.720. The summed E-state index contributed by atoms with van der Waals surface area (Å²) in [4.78, 5) is 22.3. The lowest BCUT2D eigenvalue weighted by atomic mass is 9.99. The van der Waals surface area contributed by atoms with Crippen LogP contribution in [-0.4, -0.2) is 40.8 Å². The van der Waals surface area contributed by atoms with Gasteiger partial charge in [-0.2, -0.15) is 0 Å². The monoisotopic (exact) mass is 309 g/mol. The van der Waals surface area contributed by atoms with E-state index in [0.717, 1.165) is 6.29 Å². The minimum Gasteiger partial charge on any atom is -0.444 e. The number of carbonyl (C=O) groups excluding carboxylic acids is 2. The van der Waals surface area contributed by atoms with Gasteiger partial charge in [0.1, 0.15) is 24.1 Å². The highest BCUT2D eigenvalue weighted by Gasteiger charge is 2.21. The predicted octanol–water partition coefficient (Wildman–Crippen LogP) is 1.73. The molecule has 1 rings (SSSR count). The number of aliphatic hydroxyl groups is 2. The predicted molar refractivity (Wildman–Crippen MR) is 81.8 cm³/mol. The van der Waals surface area contributed by atoms with Crippen LogP contribution in [0.5, 0.6) is 0 Å². The number of rotatable bonds is 5. The molecule has 1 aromatic carbocycles. The van der Waals surface area contributed by atoms with Crippen LogP contribution in [0.2, 0.25) is 0 Å². The van der Waals surface area contributed by atoms with Gasteiger partial charge in [0, 0.05) is 12.1 Å². The van der Waals surface area contributed by atoms with Crippen LogP contribution in [0.15, 0.2) is 18.2 Å². The van der Waals surface area contributed by atoms with Crippen molar-refractivity contribution in [1.29, 1.82) is 0 Å². The fraction of sp³-hybridized carbons (Fsp3) is 0.500. The van der Waals surface area contributed by atoms with Gasteiger partial charge in [-0.05, 0) is 38.8 Å². The Kier molecular flexibility index (Phi) is 6.08. The summed E-state index contributed by atoms with van der Waals surface area (Å²) >= 11 is 0. The Bertz CT molecular complexity index is 536. The van der Waals surface area contributed by atoms with Crippen LogP contribution in [0.25, 0.3) is 0 Å². The van der Waals surface area contributed by atoms with E-state index in [1.54, 1.807) is 45.9 Å². The molecule has 22 heavy (non-hydrogen) atoms. The molecule has 3 N–H and O–H groups in total. The molecule has 0 aliphatic carbocycles. The molecule has 1 aromatic rings. The molecule has 0 saturated carbocycles. The standard InChI is InChI=1S/C16H23NO5/c1-10-7-11(5-6-12(10)9-18)14(20)13(19)8-17-15(21)22-16(2,3)4/h5-7,9,13-14,19-20H,8H2,1-4H3,(H,17,21). The van der Waals surface area contributed by atoms with E-state index >= 15 is 0 Å². The second kappa shape index (κ2) is 7.38. The third-order valence-corrected chi connectivity index (χ3v) is 2.98. The number of aryl methyl sites for hydroxylation is 1. The van der Waals surface area contributed by atoms with Gasteiger partial charge < -0.3 is 20.3 Å². The average Bonchev–Trinajstić information content (AvgIpc) is 2.42. The summed E-state index contributed by atoms with van der Waals surface area (Å²) in [5, 5.41) is 22.4. The highest BCUT2D eigenvalue weighted by atomic mass is 16.6. The van der Waals surface area contributed by atoms with Crippen LogP contribution >= 0.6 is 0 Å². The maximum atomic E-state index is 11.5. The van der Waals surface area contributed by atoms with Crippen LogP contribution in [0, 0.1) is 6.92 Å². The van der Waals surface area contributed by atoms with E-state index in [2.05, 4.69) is 5.32 Å². The molecule has 0 spiro atoms. The Labute approximate surface area is 130 Å². The number of aliphatic hydroxyl groups excluding tert-OH is 2. The first-order valence-electron chi connectivity index (χ1n) is 7.02. The summed E-state index contributed by atoms with van der Waals surface area (Å²) < 4.78 is 5.04. The molecule has 0 aliphatic heterocycles. The van der Waals surface area contributed by atoms with Gasteiger partial charge in [0.15, 0.2) is 0 Å². The summed E-state index contributed by atoms with van der Waals surface area (Å²) in [6.45, 7) is 6.79. The van der Waals surface area contributed by atoms with Crippen LogP contribution in [0.3, 0.4) is 0 Å². The van der Waals surface area contributed by atoms with Gasteiger partial charge in [0.2, 0.25) is 0 Å². The SMILES string of the molecule is Cc1cc(C(O)C(O)CNC(=O)OC(C)(C)C)ccc1C=O. The van der Waals surface area contributed by atoms with E-state index < -0.39 is 23.9 Å². The van der Waals surface area contributed by atoms with Crippen molar-refractivity contribution in [3.05, 3.63) is 34.9 Å². The second-order valence-electron chi connectivity index (χ2n) is 6.13. The normalized spacial score (nSPS) is 14.1. The van der Waals surface area contributed by atoms with Gasteiger partial charge in [-0.15, -0.1) is 0 Å². The van der Waals surface area contributed by atoms with Gasteiger partial charge in [-0.3, -0.25) is 4.79 Å². The average molecular weight is 309 g/mol. The molecule has 0 radical (unpaired) electrons. The van der Waals surface area contributed by atoms with Crippen molar-refractivity contribution in [2.24, 2.45) is 0 Å². The summed E-state index contributed by atoms with van der Waals surface area (Å²) in [6, 6.07) is 4.78. The molecule has 0 aromatic heterocycles. The first kappa shape index (κ1) is 18.1. The van der Waals surface area contributed by atoms with Gasteiger partial charge in [-0.1, -0.05) is 18.2 Å². The number of benzene rings is 1. The summed E-state index contributed by atoms with van der Waals surface area (Å²) in [7, 11) is 0. The van der Waals surface area contributed by atoms with Crippen LogP contribution < -0.4 is 5.32 Å². The smallest absolute Gasteiger partial charge is 0.407 e. The Morgan fingerprint density at radius 3 is 2.50 bits per heavy atom. The molecular weight excluding hydrogens is 286 g/mol. The third kappa shape index (κ3) is 5.46. The fourth-order valence-corrected chi connectivity index (χ4v) is 1.85. The number of nitrogens with one attached hydrogen (secondary N) is 1. The van der Waals surface area contributed by atoms with E-state index in [0.29, 0.717) is 16.7 Å². The Morgan fingerprint density at radius 1 is 1.36 bits per heavy atom. The number of carbonyl (C=O) groups is 2.